The number of carbonyl (C=O) groups excluding carboxylic acids is 2. The number of ether oxygens (including phenoxy) is 6. The fourth-order valence-corrected chi connectivity index (χ4v) is 5.57. The van der Waals surface area contributed by atoms with Crippen LogP contribution in [-0.2, 0) is 41.8 Å². The van der Waals surface area contributed by atoms with E-state index in [-0.39, 0.29) is 37.1 Å². The molecule has 284 valence electrons. The molecule has 0 spiro atoms. The summed E-state index contributed by atoms with van der Waals surface area (Å²) in [5.41, 5.74) is -1.20. The second kappa shape index (κ2) is 17.8. The predicted octanol–water partition coefficient (Wildman–Crippen LogP) is -2.00. The Hall–Kier alpha value is -3.46. The Labute approximate surface area is 293 Å². The molecule has 2 saturated heterocycles. The molecule has 0 saturated carbocycles. The van der Waals surface area contributed by atoms with Gasteiger partial charge in [0.05, 0.1) is 19.6 Å². The Morgan fingerprint density at radius 2 is 1.08 bits per heavy atom. The zero-order valence-corrected chi connectivity index (χ0v) is 28.0. The minimum atomic E-state index is -2.19. The number of benzene rings is 2. The third-order valence-electron chi connectivity index (χ3n) is 8.38. The molecule has 51 heavy (non-hydrogen) atoms. The molecular weight excluding hydrogens is 680 g/mol. The van der Waals surface area contributed by atoms with Crippen molar-refractivity contribution >= 4 is 11.9 Å². The van der Waals surface area contributed by atoms with Crippen molar-refractivity contribution in [2.75, 3.05) is 13.2 Å². The van der Waals surface area contributed by atoms with Crippen molar-refractivity contribution in [1.29, 1.82) is 0 Å². The molecule has 11 atom stereocenters. The molecule has 2 aliphatic rings. The van der Waals surface area contributed by atoms with Gasteiger partial charge < -0.3 is 74.4 Å². The molecule has 2 heterocycles. The van der Waals surface area contributed by atoms with Gasteiger partial charge in [0.25, 0.3) is 0 Å². The van der Waals surface area contributed by atoms with Gasteiger partial charge in [-0.1, -0.05) is 38.1 Å². The summed E-state index contributed by atoms with van der Waals surface area (Å²) in [5.74, 6) is -1.70. The van der Waals surface area contributed by atoms with Crippen LogP contribution in [0.1, 0.15) is 37.8 Å². The van der Waals surface area contributed by atoms with Crippen molar-refractivity contribution in [3.8, 4) is 11.5 Å². The van der Waals surface area contributed by atoms with Crippen molar-refractivity contribution in [3.05, 3.63) is 59.7 Å². The number of carbonyl (C=O) groups is 2. The molecule has 4 rings (SSSR count). The molecule has 9 N–H and O–H groups in total. The largest absolute Gasteiger partial charge is 0.462 e. The Balaban J connectivity index is 1.27. The van der Waals surface area contributed by atoms with Crippen LogP contribution in [0.5, 0.6) is 11.5 Å². The third-order valence-corrected chi connectivity index (χ3v) is 8.38. The Kier molecular flexibility index (Phi) is 14.1. The van der Waals surface area contributed by atoms with Gasteiger partial charge >= 0.3 is 11.9 Å². The minimum Gasteiger partial charge on any atom is -0.462 e. The first-order chi connectivity index (χ1) is 24.1. The van der Waals surface area contributed by atoms with Gasteiger partial charge in [-0.25, -0.2) is 4.79 Å². The van der Waals surface area contributed by atoms with Crippen molar-refractivity contribution in [1.82, 2.24) is 0 Å². The number of rotatable bonds is 15. The summed E-state index contributed by atoms with van der Waals surface area (Å²) in [6.45, 7) is 1.80. The molecule has 2 aromatic rings. The van der Waals surface area contributed by atoms with Crippen molar-refractivity contribution in [3.63, 3.8) is 0 Å². The fraction of sp³-hybridized carbons (Fsp3) is 0.588. The highest BCUT2D eigenvalue weighted by Crippen LogP contribution is 2.28. The van der Waals surface area contributed by atoms with Crippen LogP contribution in [0.4, 0.5) is 0 Å². The number of hydrogen-bond acceptors (Lipinski definition) is 17. The van der Waals surface area contributed by atoms with Gasteiger partial charge in [-0.2, -0.15) is 0 Å². The number of aliphatic hydroxyl groups excluding tert-OH is 8. The average molecular weight is 727 g/mol. The van der Waals surface area contributed by atoms with Crippen molar-refractivity contribution in [2.45, 2.75) is 107 Å². The average Bonchev–Trinajstić information content (AvgIpc) is 3.10. The van der Waals surface area contributed by atoms with Gasteiger partial charge in [0.15, 0.2) is 5.60 Å². The van der Waals surface area contributed by atoms with Crippen LogP contribution in [0.15, 0.2) is 48.5 Å². The van der Waals surface area contributed by atoms with Crippen LogP contribution in [0.3, 0.4) is 0 Å². The lowest BCUT2D eigenvalue weighted by molar-refractivity contribution is -0.277. The lowest BCUT2D eigenvalue weighted by atomic mass is 9.89. The van der Waals surface area contributed by atoms with E-state index in [1.54, 1.807) is 26.0 Å². The zero-order chi connectivity index (χ0) is 37.5. The van der Waals surface area contributed by atoms with E-state index in [2.05, 4.69) is 0 Å². The van der Waals surface area contributed by atoms with Crippen LogP contribution < -0.4 is 9.47 Å². The smallest absolute Gasteiger partial charge is 0.339 e. The lowest BCUT2D eigenvalue weighted by Gasteiger charge is -2.39. The Bertz CT molecular complexity index is 1400. The quantitative estimate of drug-likeness (QED) is 0.0898. The Morgan fingerprint density at radius 1 is 0.667 bits per heavy atom. The molecule has 1 unspecified atom stereocenters. The molecule has 2 aliphatic heterocycles. The molecule has 0 amide bonds. The Morgan fingerprint density at radius 3 is 1.47 bits per heavy atom. The van der Waals surface area contributed by atoms with E-state index in [1.165, 1.54) is 36.4 Å². The van der Waals surface area contributed by atoms with Gasteiger partial charge in [0.1, 0.15) is 73.5 Å². The summed E-state index contributed by atoms with van der Waals surface area (Å²) < 4.78 is 32.4. The topological polar surface area (TPSA) is 272 Å². The highest BCUT2D eigenvalue weighted by atomic mass is 16.7. The summed E-state index contributed by atoms with van der Waals surface area (Å²) in [6, 6.07) is 12.0. The van der Waals surface area contributed by atoms with Crippen LogP contribution in [0, 0.1) is 5.92 Å². The monoisotopic (exact) mass is 726 g/mol. The molecule has 0 aliphatic carbocycles. The van der Waals surface area contributed by atoms with E-state index in [0.717, 1.165) is 0 Å². The van der Waals surface area contributed by atoms with Gasteiger partial charge in [-0.05, 0) is 47.7 Å². The summed E-state index contributed by atoms with van der Waals surface area (Å²) in [7, 11) is 0. The van der Waals surface area contributed by atoms with Crippen LogP contribution in [0.2, 0.25) is 0 Å². The van der Waals surface area contributed by atoms with Gasteiger partial charge in [-0.3, -0.25) is 4.79 Å². The summed E-state index contributed by atoms with van der Waals surface area (Å²) in [4.78, 5) is 25.8. The fourth-order valence-electron chi connectivity index (χ4n) is 5.57. The van der Waals surface area contributed by atoms with E-state index in [4.69, 9.17) is 28.4 Å². The second-order valence-electron chi connectivity index (χ2n) is 13.0. The molecular formula is C34H46O17. The van der Waals surface area contributed by atoms with Gasteiger partial charge in [-0.15, -0.1) is 0 Å². The third kappa shape index (κ3) is 10.3. The minimum absolute atomic E-state index is 0.100. The lowest BCUT2D eigenvalue weighted by Crippen LogP contribution is -2.60. The maximum absolute atomic E-state index is 13.1. The molecule has 2 fully saturated rings. The van der Waals surface area contributed by atoms with E-state index in [0.29, 0.717) is 11.1 Å². The first kappa shape index (κ1) is 40.3. The van der Waals surface area contributed by atoms with Gasteiger partial charge in [0.2, 0.25) is 12.6 Å². The van der Waals surface area contributed by atoms with E-state index < -0.39 is 98.6 Å². The van der Waals surface area contributed by atoms with Crippen LogP contribution in [0.25, 0.3) is 0 Å². The SMILES string of the molecule is CC(C)CC(O)(CC(=O)OCc1ccc(O[C@@H]2O[C@H](CO)[C@@H](O)[C@H](O)[C@H]2O)cc1)C(=O)OCc1ccc(O[C@@H]2O[C@H](CO)[C@@H](O)[C@H](O)[C@H]2O)cc1. The predicted molar refractivity (Wildman–Crippen MR) is 170 cm³/mol. The van der Waals surface area contributed by atoms with Crippen LogP contribution in [-0.4, -0.2) is 138 Å². The van der Waals surface area contributed by atoms with Crippen molar-refractivity contribution < 1.29 is 84.0 Å². The second-order valence-corrected chi connectivity index (χ2v) is 13.0. The van der Waals surface area contributed by atoms with E-state index >= 15 is 0 Å². The molecule has 0 radical (unpaired) electrons. The van der Waals surface area contributed by atoms with E-state index in [9.17, 15) is 55.5 Å². The number of aliphatic hydroxyl groups is 9. The normalized spacial score (nSPS) is 30.7. The maximum Gasteiger partial charge on any atom is 0.339 e. The highest BCUT2D eigenvalue weighted by Gasteiger charge is 2.46. The molecule has 0 bridgehead atoms. The van der Waals surface area contributed by atoms with Crippen molar-refractivity contribution in [2.24, 2.45) is 5.92 Å². The number of hydrogen-bond donors (Lipinski definition) is 9. The first-order valence-corrected chi connectivity index (χ1v) is 16.3. The van der Waals surface area contributed by atoms with E-state index in [1.807, 2.05) is 0 Å². The first-order valence-electron chi connectivity index (χ1n) is 16.3. The molecule has 17 nitrogen and oxygen atoms in total. The summed E-state index contributed by atoms with van der Waals surface area (Å²) >= 11 is 0. The standard InChI is InChI=1S/C34H46O17/c1-17(2)11-34(45,33(44)47-16-19-5-9-21(10-6-19)49-32-30(43)28(41)26(39)23(14-36)51-32)12-24(37)46-15-18-3-7-20(8-4-18)48-31-29(42)27(40)25(38)22(13-35)50-31/h3-10,17,22-23,25-32,35-36,38-43,45H,11-16H2,1-2H3/t22-,23-,25-,26-,27+,28+,29-,30-,31-,32-,34?/m1/s1. The summed E-state index contributed by atoms with van der Waals surface area (Å²) in [6.07, 6.45) is -15.3. The molecule has 2 aromatic carbocycles. The maximum atomic E-state index is 13.1. The number of esters is 2. The zero-order valence-electron chi connectivity index (χ0n) is 28.0. The molecule has 0 aromatic heterocycles. The van der Waals surface area contributed by atoms with Crippen LogP contribution >= 0.6 is 0 Å². The highest BCUT2D eigenvalue weighted by molar-refractivity contribution is 5.85. The summed E-state index contributed by atoms with van der Waals surface area (Å²) in [5, 5.41) is 90.0. The van der Waals surface area contributed by atoms with Gasteiger partial charge in [0, 0.05) is 0 Å². The molecule has 17 heteroatoms.